The van der Waals surface area contributed by atoms with Crippen molar-refractivity contribution in [1.29, 1.82) is 0 Å². The smallest absolute Gasteiger partial charge is 0.325 e. The van der Waals surface area contributed by atoms with Gasteiger partial charge in [0.15, 0.2) is 0 Å². The molecule has 118 valence electrons. The fourth-order valence-corrected chi connectivity index (χ4v) is 3.22. The van der Waals surface area contributed by atoms with Crippen LogP contribution in [-0.2, 0) is 9.53 Å². The molecule has 4 heteroatoms. The molecule has 1 rings (SSSR count). The van der Waals surface area contributed by atoms with Crippen molar-refractivity contribution in [3.63, 3.8) is 0 Å². The number of carbonyl (C=O) groups excluding carboxylic acids is 1. The fourth-order valence-electron chi connectivity index (χ4n) is 3.22. The molecule has 20 heavy (non-hydrogen) atoms. The molecule has 0 aromatic heterocycles. The Kier molecular flexibility index (Phi) is 6.96. The largest absolute Gasteiger partial charge is 0.468 e. The van der Waals surface area contributed by atoms with Crippen LogP contribution in [0.4, 0.5) is 0 Å². The molecule has 1 aliphatic rings. The lowest BCUT2D eigenvalue weighted by atomic mass is 9.86. The van der Waals surface area contributed by atoms with Gasteiger partial charge in [0.2, 0.25) is 0 Å². The summed E-state index contributed by atoms with van der Waals surface area (Å²) in [5.74, 6) is 0.683. The maximum atomic E-state index is 11.8. The molecule has 1 aliphatic carbocycles. The number of carbonyl (C=O) groups is 1. The van der Waals surface area contributed by atoms with Crippen molar-refractivity contribution in [1.82, 2.24) is 10.2 Å². The van der Waals surface area contributed by atoms with Gasteiger partial charge in [-0.1, -0.05) is 19.8 Å². The summed E-state index contributed by atoms with van der Waals surface area (Å²) in [5.41, 5.74) is -0.560. The minimum Gasteiger partial charge on any atom is -0.468 e. The van der Waals surface area contributed by atoms with Gasteiger partial charge in [-0.25, -0.2) is 0 Å². The first-order valence-corrected chi connectivity index (χ1v) is 7.90. The lowest BCUT2D eigenvalue weighted by Crippen LogP contribution is -2.48. The van der Waals surface area contributed by atoms with E-state index in [0.717, 1.165) is 31.3 Å². The maximum absolute atomic E-state index is 11.8. The Balaban J connectivity index is 2.37. The van der Waals surface area contributed by atoms with Crippen LogP contribution < -0.4 is 5.32 Å². The number of likely N-dealkylation sites (N-methyl/N-ethyl adjacent to an activating group) is 1. The first-order chi connectivity index (χ1) is 9.42. The number of nitrogens with one attached hydrogen (secondary N) is 1. The Labute approximate surface area is 124 Å². The quantitative estimate of drug-likeness (QED) is 0.729. The molecule has 0 heterocycles. The predicted octanol–water partition coefficient (Wildman–Crippen LogP) is 2.43. The highest BCUT2D eigenvalue weighted by Gasteiger charge is 2.32. The van der Waals surface area contributed by atoms with E-state index < -0.39 is 5.54 Å². The molecule has 0 spiro atoms. The zero-order valence-electron chi connectivity index (χ0n) is 13.9. The van der Waals surface area contributed by atoms with Crippen LogP contribution in [0.25, 0.3) is 0 Å². The van der Waals surface area contributed by atoms with Crippen LogP contribution in [0.3, 0.4) is 0 Å². The molecule has 0 aliphatic heterocycles. The molecule has 1 fully saturated rings. The molecule has 0 aromatic carbocycles. The van der Waals surface area contributed by atoms with Crippen LogP contribution in [0.15, 0.2) is 0 Å². The minimum absolute atomic E-state index is 0.172. The van der Waals surface area contributed by atoms with Crippen LogP contribution in [-0.4, -0.2) is 50.2 Å². The van der Waals surface area contributed by atoms with Crippen LogP contribution in [0.2, 0.25) is 0 Å². The van der Waals surface area contributed by atoms with E-state index in [1.807, 2.05) is 14.0 Å². The summed E-state index contributed by atoms with van der Waals surface area (Å²) in [5, 5.41) is 3.10. The van der Waals surface area contributed by atoms with Gasteiger partial charge < -0.3 is 15.0 Å². The zero-order valence-corrected chi connectivity index (χ0v) is 13.9. The Morgan fingerprint density at radius 3 is 2.70 bits per heavy atom. The molecule has 0 bridgehead atoms. The maximum Gasteiger partial charge on any atom is 0.325 e. The SMILES string of the molecule is CNC(C)(CCCN(C)C1CCCC(C)C1)C(=O)OC. The molecule has 0 radical (unpaired) electrons. The van der Waals surface area contributed by atoms with Crippen molar-refractivity contribution in [2.24, 2.45) is 5.92 Å². The van der Waals surface area contributed by atoms with Crippen LogP contribution in [0, 0.1) is 5.92 Å². The third-order valence-electron chi connectivity index (χ3n) is 4.91. The number of methoxy groups -OCH3 is 1. The van der Waals surface area contributed by atoms with E-state index in [2.05, 4.69) is 24.2 Å². The van der Waals surface area contributed by atoms with Crippen molar-refractivity contribution >= 4 is 5.97 Å². The fraction of sp³-hybridized carbons (Fsp3) is 0.938. The first-order valence-electron chi connectivity index (χ1n) is 7.90. The highest BCUT2D eigenvalue weighted by atomic mass is 16.5. The second-order valence-corrected chi connectivity index (χ2v) is 6.58. The van der Waals surface area contributed by atoms with Crippen molar-refractivity contribution in [3.05, 3.63) is 0 Å². The summed E-state index contributed by atoms with van der Waals surface area (Å²) >= 11 is 0. The number of rotatable bonds is 7. The molecular formula is C16H32N2O2. The molecule has 0 aromatic rings. The molecule has 4 nitrogen and oxygen atoms in total. The Bertz CT molecular complexity index is 309. The zero-order chi connectivity index (χ0) is 15.2. The number of hydrogen-bond acceptors (Lipinski definition) is 4. The average molecular weight is 284 g/mol. The Morgan fingerprint density at radius 2 is 2.15 bits per heavy atom. The van der Waals surface area contributed by atoms with Crippen LogP contribution in [0.1, 0.15) is 52.4 Å². The molecule has 3 unspecified atom stereocenters. The van der Waals surface area contributed by atoms with Gasteiger partial charge in [0.05, 0.1) is 7.11 Å². The normalized spacial score (nSPS) is 26.3. The highest BCUT2D eigenvalue weighted by Crippen LogP contribution is 2.27. The second kappa shape index (κ2) is 7.99. The topological polar surface area (TPSA) is 41.6 Å². The van der Waals surface area contributed by atoms with Crippen LogP contribution in [0.5, 0.6) is 0 Å². The van der Waals surface area contributed by atoms with Crippen molar-refractivity contribution in [2.45, 2.75) is 64.0 Å². The van der Waals surface area contributed by atoms with Crippen LogP contribution >= 0.6 is 0 Å². The number of ether oxygens (including phenoxy) is 1. The van der Waals surface area contributed by atoms with E-state index >= 15 is 0 Å². The third kappa shape index (κ3) is 4.74. The van der Waals surface area contributed by atoms with Gasteiger partial charge in [0.25, 0.3) is 0 Å². The molecule has 0 saturated heterocycles. The van der Waals surface area contributed by atoms with E-state index in [9.17, 15) is 4.79 Å². The van der Waals surface area contributed by atoms with Gasteiger partial charge in [-0.3, -0.25) is 4.79 Å². The van der Waals surface area contributed by atoms with E-state index in [0.29, 0.717) is 0 Å². The molecule has 3 atom stereocenters. The third-order valence-corrected chi connectivity index (χ3v) is 4.91. The molecule has 0 amide bonds. The predicted molar refractivity (Wildman–Crippen MR) is 82.8 cm³/mol. The Morgan fingerprint density at radius 1 is 1.45 bits per heavy atom. The molecule has 1 saturated carbocycles. The molecular weight excluding hydrogens is 252 g/mol. The highest BCUT2D eigenvalue weighted by molar-refractivity contribution is 5.80. The Hall–Kier alpha value is -0.610. The van der Waals surface area contributed by atoms with Gasteiger partial charge in [0.1, 0.15) is 5.54 Å². The summed E-state index contributed by atoms with van der Waals surface area (Å²) in [4.78, 5) is 14.3. The van der Waals surface area contributed by atoms with Crippen molar-refractivity contribution in [3.8, 4) is 0 Å². The minimum atomic E-state index is -0.560. The average Bonchev–Trinajstić information content (AvgIpc) is 2.45. The number of nitrogens with zero attached hydrogens (tertiary/aromatic N) is 1. The number of esters is 1. The van der Waals surface area contributed by atoms with Gasteiger partial charge in [0, 0.05) is 6.04 Å². The van der Waals surface area contributed by atoms with Gasteiger partial charge >= 0.3 is 5.97 Å². The summed E-state index contributed by atoms with van der Waals surface area (Å²) in [6, 6.07) is 0.720. The summed E-state index contributed by atoms with van der Waals surface area (Å²) in [6.45, 7) is 5.32. The van der Waals surface area contributed by atoms with Crippen molar-refractivity contribution < 1.29 is 9.53 Å². The van der Waals surface area contributed by atoms with E-state index in [1.54, 1.807) is 0 Å². The first kappa shape index (κ1) is 17.4. The molecule has 1 N–H and O–H groups in total. The van der Waals surface area contributed by atoms with Gasteiger partial charge in [-0.2, -0.15) is 0 Å². The van der Waals surface area contributed by atoms with Gasteiger partial charge in [-0.05, 0) is 59.2 Å². The second-order valence-electron chi connectivity index (χ2n) is 6.58. The van der Waals surface area contributed by atoms with Gasteiger partial charge in [-0.15, -0.1) is 0 Å². The lowest BCUT2D eigenvalue weighted by molar-refractivity contribution is -0.148. The van der Waals surface area contributed by atoms with E-state index in [4.69, 9.17) is 4.74 Å². The summed E-state index contributed by atoms with van der Waals surface area (Å²) < 4.78 is 4.88. The monoisotopic (exact) mass is 284 g/mol. The van der Waals surface area contributed by atoms with Crippen molar-refractivity contribution in [2.75, 3.05) is 27.7 Å². The summed E-state index contributed by atoms with van der Waals surface area (Å²) in [7, 11) is 5.49. The van der Waals surface area contributed by atoms with E-state index in [1.165, 1.54) is 32.8 Å². The summed E-state index contributed by atoms with van der Waals surface area (Å²) in [6.07, 6.45) is 7.19. The standard InChI is InChI=1S/C16H32N2O2/c1-13-8-6-9-14(12-13)18(4)11-7-10-16(2,17-3)15(19)20-5/h13-14,17H,6-12H2,1-5H3. The van der Waals surface area contributed by atoms with E-state index in [-0.39, 0.29) is 5.97 Å². The lowest BCUT2D eigenvalue weighted by Gasteiger charge is -2.35. The number of hydrogen-bond donors (Lipinski definition) is 1.